The van der Waals surface area contributed by atoms with Crippen LogP contribution < -0.4 is 0 Å². The molecule has 3 N–H and O–H groups in total. The van der Waals surface area contributed by atoms with Crippen molar-refractivity contribution in [1.29, 1.82) is 0 Å². The van der Waals surface area contributed by atoms with E-state index in [9.17, 15) is 19.7 Å². The van der Waals surface area contributed by atoms with E-state index in [0.29, 0.717) is 11.3 Å². The highest BCUT2D eigenvalue weighted by atomic mass is 19.1. The van der Waals surface area contributed by atoms with Gasteiger partial charge in [0.05, 0.1) is 21.8 Å². The summed E-state index contributed by atoms with van der Waals surface area (Å²) in [4.78, 5) is 12.2. The van der Waals surface area contributed by atoms with E-state index in [1.54, 1.807) is 6.92 Å². The number of ether oxygens (including phenoxy) is 1. The number of aliphatic hydroxyl groups is 3. The number of alkyl halides is 1. The Hall–Kier alpha value is -2.12. The Morgan fingerprint density at radius 2 is 2.35 bits per heavy atom. The second kappa shape index (κ2) is 5.82. The summed E-state index contributed by atoms with van der Waals surface area (Å²) in [5, 5.41) is 30.7. The van der Waals surface area contributed by atoms with Crippen LogP contribution in [0.4, 0.5) is 4.39 Å². The highest BCUT2D eigenvalue weighted by Gasteiger charge is 2.55. The van der Waals surface area contributed by atoms with Crippen LogP contribution in [0, 0.1) is 18.8 Å². The van der Waals surface area contributed by atoms with Gasteiger partial charge in [0.15, 0.2) is 17.5 Å². The van der Waals surface area contributed by atoms with Gasteiger partial charge in [0, 0.05) is 0 Å². The number of aliphatic hydroxyl groups excluding tert-OH is 1. The third-order valence-electron chi connectivity index (χ3n) is 3.56. The molecule has 0 aliphatic carbocycles. The molecule has 1 aliphatic rings. The fourth-order valence-corrected chi connectivity index (χ4v) is 2.47. The van der Waals surface area contributed by atoms with Crippen molar-refractivity contribution in [2.45, 2.75) is 31.0 Å². The van der Waals surface area contributed by atoms with Crippen molar-refractivity contribution in [1.82, 2.24) is 19.5 Å². The first-order valence-corrected chi connectivity index (χ1v) is 6.69. The van der Waals surface area contributed by atoms with E-state index < -0.39 is 37.3 Å². The molecule has 23 heavy (non-hydrogen) atoms. The molecule has 9 heteroatoms. The number of aromatic nitrogens is 4. The van der Waals surface area contributed by atoms with Crippen molar-refractivity contribution >= 4 is 11.2 Å². The highest BCUT2D eigenvalue weighted by Crippen LogP contribution is 2.39. The average Bonchev–Trinajstić information content (AvgIpc) is 3.05. The first-order chi connectivity index (χ1) is 11.7. The second-order valence-electron chi connectivity index (χ2n) is 5.02. The topological polar surface area (TPSA) is 114 Å². The maximum absolute atomic E-state index is 12.5. The first-order valence-electron chi connectivity index (χ1n) is 7.69. The molecule has 0 bridgehead atoms. The molecule has 122 valence electrons. The van der Waals surface area contributed by atoms with Crippen molar-refractivity contribution < 1.29 is 27.2 Å². The van der Waals surface area contributed by atoms with Gasteiger partial charge in [-0.2, -0.15) is 0 Å². The highest BCUT2D eigenvalue weighted by molar-refractivity contribution is 5.69. The molecule has 2 aromatic rings. The van der Waals surface area contributed by atoms with Crippen LogP contribution in [0.3, 0.4) is 0 Å². The summed E-state index contributed by atoms with van der Waals surface area (Å²) in [6.45, 7) is -2.43. The van der Waals surface area contributed by atoms with Crippen molar-refractivity contribution in [3.8, 4) is 11.8 Å². The molecule has 2 aromatic heterocycles. The quantitative estimate of drug-likeness (QED) is 0.613. The van der Waals surface area contributed by atoms with Gasteiger partial charge < -0.3 is 20.1 Å². The van der Waals surface area contributed by atoms with Crippen molar-refractivity contribution in [2.75, 3.05) is 13.2 Å². The Kier molecular flexibility index (Phi) is 3.38. The summed E-state index contributed by atoms with van der Waals surface area (Å²) < 4.78 is 33.8. The van der Waals surface area contributed by atoms with E-state index in [2.05, 4.69) is 20.9 Å². The second-order valence-corrected chi connectivity index (χ2v) is 5.02. The summed E-state index contributed by atoms with van der Waals surface area (Å²) in [5.74, 6) is 4.57. The zero-order valence-electron chi connectivity index (χ0n) is 14.0. The number of hydrogen-bond acceptors (Lipinski definition) is 7. The van der Waals surface area contributed by atoms with E-state index >= 15 is 0 Å². The Morgan fingerprint density at radius 3 is 3.04 bits per heavy atom. The summed E-state index contributed by atoms with van der Waals surface area (Å²) in [5.41, 5.74) is -1.79. The largest absolute Gasteiger partial charge is 0.394 e. The molecular formula is C14H15FN4O4. The number of nitrogens with zero attached hydrogens (tertiary/aromatic N) is 4. The molecule has 0 spiro atoms. The molecule has 0 amide bonds. The third-order valence-corrected chi connectivity index (χ3v) is 3.56. The fourth-order valence-electron chi connectivity index (χ4n) is 2.47. The minimum Gasteiger partial charge on any atom is -0.394 e. The molecule has 3 rings (SSSR count). The third kappa shape index (κ3) is 2.46. The summed E-state index contributed by atoms with van der Waals surface area (Å²) in [7, 11) is 0. The van der Waals surface area contributed by atoms with E-state index in [4.69, 9.17) is 7.48 Å². The Morgan fingerprint density at radius 1 is 1.57 bits per heavy atom. The molecule has 0 aromatic carbocycles. The molecule has 0 radical (unpaired) electrons. The van der Waals surface area contributed by atoms with Gasteiger partial charge in [-0.25, -0.2) is 19.3 Å². The number of hydrogen-bond donors (Lipinski definition) is 3. The summed E-state index contributed by atoms with van der Waals surface area (Å²) >= 11 is 0. The predicted octanol–water partition coefficient (Wildman–Crippen LogP) is -0.911. The van der Waals surface area contributed by atoms with Crippen molar-refractivity contribution in [3.63, 3.8) is 0 Å². The lowest BCUT2D eigenvalue weighted by molar-refractivity contribution is -0.0722. The molecule has 1 fully saturated rings. The van der Waals surface area contributed by atoms with Gasteiger partial charge in [-0.05, 0) is 6.92 Å². The smallest absolute Gasteiger partial charge is 0.199 e. The van der Waals surface area contributed by atoms with E-state index in [0.717, 1.165) is 0 Å². The average molecular weight is 324 g/mol. The number of rotatable bonds is 2. The lowest BCUT2D eigenvalue weighted by Gasteiger charge is -2.26. The lowest BCUT2D eigenvalue weighted by atomic mass is 9.94. The maximum atomic E-state index is 12.5. The zero-order chi connectivity index (χ0) is 18.4. The fraction of sp³-hybridized carbons (Fsp3) is 0.500. The molecule has 8 nitrogen and oxygen atoms in total. The van der Waals surface area contributed by atoms with Gasteiger partial charge in [-0.3, -0.25) is 4.57 Å². The van der Waals surface area contributed by atoms with E-state index in [1.807, 2.05) is 5.92 Å². The number of imidazole rings is 1. The minimum absolute atomic E-state index is 0.240. The van der Waals surface area contributed by atoms with Crippen LogP contribution >= 0.6 is 0 Å². The van der Waals surface area contributed by atoms with Gasteiger partial charge in [-0.15, -0.1) is 0 Å². The van der Waals surface area contributed by atoms with Gasteiger partial charge in [-0.1, -0.05) is 11.8 Å². The standard InChI is InChI=1S/C14H15FN4O4/c1-8-16-5-9-12(18-8)19(7-17-9)13-14(22,3-2-4-15)11(21)10(6-20)23-13/h5,7,10-11,13,20-22H,4,6H2,1H3/t10-,11+,13-,14?/m1/s1/i6D2. The van der Waals surface area contributed by atoms with Crippen LogP contribution in [-0.2, 0) is 4.74 Å². The molecular weight excluding hydrogens is 307 g/mol. The number of fused-ring (bicyclic) bond motifs is 1. The van der Waals surface area contributed by atoms with Crippen molar-refractivity contribution in [2.24, 2.45) is 0 Å². The normalized spacial score (nSPS) is 32.3. The number of halogens is 1. The molecule has 1 saturated heterocycles. The molecule has 4 atom stereocenters. The Bertz CT molecular complexity index is 862. The van der Waals surface area contributed by atoms with Crippen molar-refractivity contribution in [3.05, 3.63) is 18.3 Å². The summed E-state index contributed by atoms with van der Waals surface area (Å²) in [6, 6.07) is 0. The van der Waals surface area contributed by atoms with Crippen LogP contribution in [-0.4, -0.2) is 65.9 Å². The van der Waals surface area contributed by atoms with Crippen LogP contribution in [0.2, 0.25) is 0 Å². The maximum Gasteiger partial charge on any atom is 0.199 e. The SMILES string of the molecule is [2H]C([2H])(O)[C@H]1O[C@@H](n2cnc3cnc(C)nc32)C(O)(C#CCF)[C@H]1O. The van der Waals surface area contributed by atoms with E-state index in [1.165, 1.54) is 17.1 Å². The van der Waals surface area contributed by atoms with Gasteiger partial charge in [0.1, 0.15) is 30.2 Å². The van der Waals surface area contributed by atoms with Crippen LogP contribution in [0.5, 0.6) is 0 Å². The number of aryl methyl sites for hydroxylation is 1. The van der Waals surface area contributed by atoms with Gasteiger partial charge >= 0.3 is 0 Å². The molecule has 1 unspecified atom stereocenters. The Balaban J connectivity index is 2.15. The van der Waals surface area contributed by atoms with Crippen LogP contribution in [0.25, 0.3) is 11.2 Å². The molecule has 1 aliphatic heterocycles. The van der Waals surface area contributed by atoms with Gasteiger partial charge in [0.25, 0.3) is 0 Å². The molecule has 0 saturated carbocycles. The Labute approximate surface area is 133 Å². The lowest BCUT2D eigenvalue weighted by Crippen LogP contribution is -2.46. The monoisotopic (exact) mass is 324 g/mol. The first kappa shape index (κ1) is 13.3. The van der Waals surface area contributed by atoms with Crippen LogP contribution in [0.15, 0.2) is 12.5 Å². The predicted molar refractivity (Wildman–Crippen MR) is 75.8 cm³/mol. The zero-order valence-corrected chi connectivity index (χ0v) is 12.0. The molecule has 3 heterocycles. The minimum atomic E-state index is -2.97. The summed E-state index contributed by atoms with van der Waals surface area (Å²) in [6.07, 6.45) is -2.57. The van der Waals surface area contributed by atoms with E-state index in [-0.39, 0.29) is 5.65 Å². The van der Waals surface area contributed by atoms with Crippen LogP contribution in [0.1, 0.15) is 14.8 Å². The van der Waals surface area contributed by atoms with Gasteiger partial charge in [0.2, 0.25) is 0 Å².